The summed E-state index contributed by atoms with van der Waals surface area (Å²) in [5.41, 5.74) is 2.16. The number of hydrogen-bond donors (Lipinski definition) is 2. The lowest BCUT2D eigenvalue weighted by atomic mass is 10.1. The van der Waals surface area contributed by atoms with Gasteiger partial charge < -0.3 is 10.6 Å². The van der Waals surface area contributed by atoms with Crippen LogP contribution in [0.15, 0.2) is 59.6 Å². The summed E-state index contributed by atoms with van der Waals surface area (Å²) in [7, 11) is 0. The molecule has 0 heterocycles. The molecule has 0 spiro atoms. The largest absolute Gasteiger partial charge is 0.357 e. The summed E-state index contributed by atoms with van der Waals surface area (Å²) in [5.74, 6) is 0.708. The van der Waals surface area contributed by atoms with E-state index in [1.54, 1.807) is 12.1 Å². The van der Waals surface area contributed by atoms with Crippen molar-refractivity contribution >= 4 is 11.6 Å². The lowest BCUT2D eigenvalue weighted by molar-refractivity contribution is -0.384. The van der Waals surface area contributed by atoms with E-state index in [0.29, 0.717) is 12.5 Å². The third-order valence-electron chi connectivity index (χ3n) is 3.43. The summed E-state index contributed by atoms with van der Waals surface area (Å²) in [4.78, 5) is 14.9. The minimum absolute atomic E-state index is 0.0877. The van der Waals surface area contributed by atoms with Crippen molar-refractivity contribution in [2.75, 3.05) is 13.1 Å². The van der Waals surface area contributed by atoms with Crippen LogP contribution in [0, 0.1) is 10.1 Å². The van der Waals surface area contributed by atoms with Crippen molar-refractivity contribution in [3.05, 3.63) is 75.8 Å². The number of nitrogens with one attached hydrogen (secondary N) is 2. The summed E-state index contributed by atoms with van der Waals surface area (Å²) < 4.78 is 0. The van der Waals surface area contributed by atoms with Gasteiger partial charge in [-0.15, -0.1) is 0 Å². The molecule has 0 aromatic heterocycles. The van der Waals surface area contributed by atoms with Crippen LogP contribution < -0.4 is 10.6 Å². The normalized spacial score (nSPS) is 11.1. The van der Waals surface area contributed by atoms with Gasteiger partial charge >= 0.3 is 0 Å². The van der Waals surface area contributed by atoms with E-state index in [4.69, 9.17) is 0 Å². The topological polar surface area (TPSA) is 79.6 Å². The lowest BCUT2D eigenvalue weighted by Crippen LogP contribution is -2.38. The van der Waals surface area contributed by atoms with E-state index in [2.05, 4.69) is 27.8 Å². The molecule has 0 unspecified atom stereocenters. The fourth-order valence-electron chi connectivity index (χ4n) is 2.25. The summed E-state index contributed by atoms with van der Waals surface area (Å²) in [6.45, 7) is 3.92. The molecule has 0 aliphatic rings. The number of nitrogens with zero attached hydrogens (tertiary/aromatic N) is 2. The Kier molecular flexibility index (Phi) is 6.76. The van der Waals surface area contributed by atoms with Gasteiger partial charge in [-0.1, -0.05) is 42.5 Å². The van der Waals surface area contributed by atoms with Crippen molar-refractivity contribution in [3.8, 4) is 0 Å². The number of guanidine groups is 1. The zero-order valence-electron chi connectivity index (χ0n) is 13.7. The van der Waals surface area contributed by atoms with Gasteiger partial charge in [0.1, 0.15) is 0 Å². The van der Waals surface area contributed by atoms with E-state index in [-0.39, 0.29) is 5.69 Å². The maximum atomic E-state index is 10.8. The number of benzene rings is 2. The predicted molar refractivity (Wildman–Crippen MR) is 96.1 cm³/mol. The second kappa shape index (κ2) is 9.29. The fourth-order valence-corrected chi connectivity index (χ4v) is 2.25. The molecule has 0 atom stereocenters. The Morgan fingerprint density at radius 2 is 1.83 bits per heavy atom. The van der Waals surface area contributed by atoms with Crippen molar-refractivity contribution < 1.29 is 4.92 Å². The maximum absolute atomic E-state index is 10.8. The van der Waals surface area contributed by atoms with E-state index in [1.807, 2.05) is 31.2 Å². The van der Waals surface area contributed by atoms with Gasteiger partial charge in [-0.25, -0.2) is 4.99 Å². The van der Waals surface area contributed by atoms with Crippen LogP contribution in [0.2, 0.25) is 0 Å². The third kappa shape index (κ3) is 5.72. The Labute approximate surface area is 141 Å². The number of nitro benzene ring substituents is 1. The SMILES string of the molecule is CCNC(=NCc1cccc([N+](=O)[O-])c1)NCCc1ccccc1. The fraction of sp³-hybridized carbons (Fsp3) is 0.278. The minimum atomic E-state index is -0.392. The molecular weight excluding hydrogens is 304 g/mol. The number of rotatable bonds is 7. The number of non-ortho nitro benzene ring substituents is 1. The molecule has 0 bridgehead atoms. The van der Waals surface area contributed by atoms with Crippen molar-refractivity contribution in [1.29, 1.82) is 0 Å². The van der Waals surface area contributed by atoms with Crippen LogP contribution in [-0.2, 0) is 13.0 Å². The van der Waals surface area contributed by atoms with Crippen molar-refractivity contribution in [1.82, 2.24) is 10.6 Å². The summed E-state index contributed by atoms with van der Waals surface area (Å²) in [6, 6.07) is 16.8. The molecule has 2 rings (SSSR count). The maximum Gasteiger partial charge on any atom is 0.269 e. The smallest absolute Gasteiger partial charge is 0.269 e. The number of aliphatic imine (C=N–C) groups is 1. The zero-order chi connectivity index (χ0) is 17.2. The van der Waals surface area contributed by atoms with Crippen molar-refractivity contribution in [2.45, 2.75) is 19.9 Å². The Hall–Kier alpha value is -2.89. The molecule has 126 valence electrons. The summed E-state index contributed by atoms with van der Waals surface area (Å²) >= 11 is 0. The molecule has 0 aliphatic heterocycles. The van der Waals surface area contributed by atoms with E-state index in [0.717, 1.165) is 25.1 Å². The Balaban J connectivity index is 1.92. The standard InChI is InChI=1S/C18H22N4O2/c1-2-19-18(20-12-11-15-7-4-3-5-8-15)21-14-16-9-6-10-17(13-16)22(23)24/h3-10,13H,2,11-12,14H2,1H3,(H2,19,20,21). The van der Waals surface area contributed by atoms with Crippen LogP contribution in [0.25, 0.3) is 0 Å². The predicted octanol–water partition coefficient (Wildman–Crippen LogP) is 2.89. The molecule has 0 saturated carbocycles. The first kappa shape index (κ1) is 17.5. The highest BCUT2D eigenvalue weighted by Gasteiger charge is 2.05. The van der Waals surface area contributed by atoms with Gasteiger partial charge in [0.25, 0.3) is 5.69 Å². The molecule has 2 aromatic carbocycles. The average molecular weight is 326 g/mol. The highest BCUT2D eigenvalue weighted by atomic mass is 16.6. The minimum Gasteiger partial charge on any atom is -0.357 e. The first-order valence-electron chi connectivity index (χ1n) is 7.98. The highest BCUT2D eigenvalue weighted by molar-refractivity contribution is 5.79. The quantitative estimate of drug-likeness (QED) is 0.355. The molecule has 6 nitrogen and oxygen atoms in total. The Morgan fingerprint density at radius 1 is 1.08 bits per heavy atom. The van der Waals surface area contributed by atoms with Crippen LogP contribution in [0.3, 0.4) is 0 Å². The molecule has 2 aromatic rings. The molecule has 0 radical (unpaired) electrons. The molecular formula is C18H22N4O2. The van der Waals surface area contributed by atoms with E-state index in [1.165, 1.54) is 11.6 Å². The third-order valence-corrected chi connectivity index (χ3v) is 3.43. The molecule has 24 heavy (non-hydrogen) atoms. The van der Waals surface area contributed by atoms with E-state index >= 15 is 0 Å². The molecule has 2 N–H and O–H groups in total. The molecule has 0 saturated heterocycles. The Morgan fingerprint density at radius 3 is 2.54 bits per heavy atom. The van der Waals surface area contributed by atoms with E-state index in [9.17, 15) is 10.1 Å². The van der Waals surface area contributed by atoms with Crippen LogP contribution >= 0.6 is 0 Å². The highest BCUT2D eigenvalue weighted by Crippen LogP contribution is 2.13. The second-order valence-electron chi connectivity index (χ2n) is 5.28. The van der Waals surface area contributed by atoms with Gasteiger partial charge in [-0.3, -0.25) is 10.1 Å². The van der Waals surface area contributed by atoms with Gasteiger partial charge in [0.05, 0.1) is 11.5 Å². The summed E-state index contributed by atoms with van der Waals surface area (Å²) in [5, 5.41) is 17.3. The molecule has 0 amide bonds. The zero-order valence-corrected chi connectivity index (χ0v) is 13.7. The summed E-state index contributed by atoms with van der Waals surface area (Å²) in [6.07, 6.45) is 0.905. The lowest BCUT2D eigenvalue weighted by Gasteiger charge is -2.11. The monoisotopic (exact) mass is 326 g/mol. The number of nitro groups is 1. The molecule has 6 heteroatoms. The first-order chi connectivity index (χ1) is 11.7. The van der Waals surface area contributed by atoms with Gasteiger partial charge in [0.2, 0.25) is 0 Å². The van der Waals surface area contributed by atoms with Crippen LogP contribution in [0.1, 0.15) is 18.1 Å². The molecule has 0 fully saturated rings. The van der Waals surface area contributed by atoms with Gasteiger partial charge in [-0.05, 0) is 24.5 Å². The Bertz CT molecular complexity index is 686. The van der Waals surface area contributed by atoms with Crippen LogP contribution in [-0.4, -0.2) is 24.0 Å². The van der Waals surface area contributed by atoms with E-state index < -0.39 is 4.92 Å². The van der Waals surface area contributed by atoms with Crippen LogP contribution in [0.5, 0.6) is 0 Å². The molecule has 0 aliphatic carbocycles. The second-order valence-corrected chi connectivity index (χ2v) is 5.28. The van der Waals surface area contributed by atoms with Crippen molar-refractivity contribution in [2.24, 2.45) is 4.99 Å². The number of hydrogen-bond acceptors (Lipinski definition) is 3. The van der Waals surface area contributed by atoms with Crippen LogP contribution in [0.4, 0.5) is 5.69 Å². The van der Waals surface area contributed by atoms with Gasteiger partial charge in [-0.2, -0.15) is 0 Å². The van der Waals surface area contributed by atoms with Gasteiger partial charge in [0.15, 0.2) is 5.96 Å². The van der Waals surface area contributed by atoms with Crippen molar-refractivity contribution in [3.63, 3.8) is 0 Å². The first-order valence-corrected chi connectivity index (χ1v) is 7.98. The average Bonchev–Trinajstić information content (AvgIpc) is 2.61. The van der Waals surface area contributed by atoms with Gasteiger partial charge in [0, 0.05) is 25.2 Å².